The van der Waals surface area contributed by atoms with Gasteiger partial charge in [-0.2, -0.15) is 0 Å². The molecule has 1 heterocycles. The van der Waals surface area contributed by atoms with Gasteiger partial charge in [-0.1, -0.05) is 12.1 Å². The Bertz CT molecular complexity index is 453. The highest BCUT2D eigenvalue weighted by Crippen LogP contribution is 2.56. The lowest BCUT2D eigenvalue weighted by Crippen LogP contribution is -2.29. The molecular formula is C14H18O4. The van der Waals surface area contributed by atoms with Crippen molar-refractivity contribution in [2.24, 2.45) is 0 Å². The molecule has 0 aromatic heterocycles. The van der Waals surface area contributed by atoms with E-state index in [9.17, 15) is 4.79 Å². The summed E-state index contributed by atoms with van der Waals surface area (Å²) in [6, 6.07) is 7.59. The summed E-state index contributed by atoms with van der Waals surface area (Å²) in [6.45, 7) is 6.20. The Balaban J connectivity index is 2.21. The van der Waals surface area contributed by atoms with Crippen LogP contribution >= 0.6 is 0 Å². The number of carbonyl (C=O) groups excluding carboxylic acids is 1. The van der Waals surface area contributed by atoms with E-state index >= 15 is 0 Å². The summed E-state index contributed by atoms with van der Waals surface area (Å²) in [5.41, 5.74) is -0.571. The highest BCUT2D eigenvalue weighted by atomic mass is 16.7. The van der Waals surface area contributed by atoms with Gasteiger partial charge in [-0.25, -0.2) is 4.79 Å². The lowest BCUT2D eigenvalue weighted by Gasteiger charge is -2.12. The van der Waals surface area contributed by atoms with E-state index in [1.54, 1.807) is 6.92 Å². The van der Waals surface area contributed by atoms with Crippen LogP contribution in [0.25, 0.3) is 0 Å². The number of rotatable bonds is 4. The highest BCUT2D eigenvalue weighted by Gasteiger charge is 2.70. The van der Waals surface area contributed by atoms with Crippen molar-refractivity contribution in [3.63, 3.8) is 0 Å². The zero-order valence-electron chi connectivity index (χ0n) is 11.1. The van der Waals surface area contributed by atoms with Gasteiger partial charge in [-0.05, 0) is 38.5 Å². The summed E-state index contributed by atoms with van der Waals surface area (Å²) < 4.78 is 15.8. The quantitative estimate of drug-likeness (QED) is 0.607. The van der Waals surface area contributed by atoms with Crippen molar-refractivity contribution in [1.82, 2.24) is 0 Å². The average Bonchev–Trinajstić information content (AvgIpc) is 2.95. The van der Waals surface area contributed by atoms with Gasteiger partial charge in [0.2, 0.25) is 0 Å². The molecule has 1 aromatic carbocycles. The van der Waals surface area contributed by atoms with Gasteiger partial charge in [0.15, 0.2) is 5.60 Å². The fraction of sp³-hybridized carbons (Fsp3) is 0.500. The number of carbonyl (C=O) groups is 1. The molecule has 0 aliphatic carbocycles. The highest BCUT2D eigenvalue weighted by molar-refractivity contribution is 5.84. The zero-order chi connectivity index (χ0) is 13.4. The summed E-state index contributed by atoms with van der Waals surface area (Å²) in [7, 11) is 1.37. The molecule has 2 rings (SSSR count). The summed E-state index contributed by atoms with van der Waals surface area (Å²) in [5.74, 6) is 0.462. The van der Waals surface area contributed by atoms with Gasteiger partial charge in [0, 0.05) is 0 Å². The van der Waals surface area contributed by atoms with Crippen LogP contribution in [0.1, 0.15) is 26.3 Å². The molecule has 1 fully saturated rings. The molecule has 0 N–H and O–H groups in total. The van der Waals surface area contributed by atoms with Crippen molar-refractivity contribution < 1.29 is 19.0 Å². The third-order valence-corrected chi connectivity index (χ3v) is 3.57. The molecular weight excluding hydrogens is 232 g/mol. The van der Waals surface area contributed by atoms with Crippen molar-refractivity contribution >= 4 is 5.97 Å². The van der Waals surface area contributed by atoms with Crippen molar-refractivity contribution in [2.75, 3.05) is 13.7 Å². The normalized spacial score (nSPS) is 29.8. The van der Waals surface area contributed by atoms with E-state index < -0.39 is 11.2 Å². The number of hydrogen-bond donors (Lipinski definition) is 0. The van der Waals surface area contributed by atoms with Crippen LogP contribution in [0.3, 0.4) is 0 Å². The smallest absolute Gasteiger partial charge is 0.341 e. The first kappa shape index (κ1) is 12.9. The van der Waals surface area contributed by atoms with E-state index in [1.165, 1.54) is 7.11 Å². The number of ether oxygens (including phenoxy) is 3. The fourth-order valence-corrected chi connectivity index (χ4v) is 2.18. The molecule has 1 saturated heterocycles. The third-order valence-electron chi connectivity index (χ3n) is 3.57. The number of methoxy groups -OCH3 is 1. The van der Waals surface area contributed by atoms with Gasteiger partial charge in [0.1, 0.15) is 11.4 Å². The van der Waals surface area contributed by atoms with Crippen LogP contribution in [-0.2, 0) is 19.9 Å². The molecule has 1 aliphatic heterocycles. The molecule has 2 atom stereocenters. The summed E-state index contributed by atoms with van der Waals surface area (Å²) in [5, 5.41) is 0. The molecule has 2 unspecified atom stereocenters. The Morgan fingerprint density at radius 2 is 1.89 bits per heavy atom. The monoisotopic (exact) mass is 250 g/mol. The summed E-state index contributed by atoms with van der Waals surface area (Å²) >= 11 is 0. The average molecular weight is 250 g/mol. The van der Waals surface area contributed by atoms with Crippen molar-refractivity contribution in [2.45, 2.75) is 32.0 Å². The van der Waals surface area contributed by atoms with Gasteiger partial charge in [-0.15, -0.1) is 0 Å². The second kappa shape index (κ2) is 4.28. The summed E-state index contributed by atoms with van der Waals surface area (Å²) in [6.07, 6.45) is 0. The van der Waals surface area contributed by atoms with Crippen LogP contribution in [-0.4, -0.2) is 25.3 Å². The van der Waals surface area contributed by atoms with E-state index in [0.29, 0.717) is 6.61 Å². The van der Waals surface area contributed by atoms with Crippen LogP contribution in [0.4, 0.5) is 0 Å². The third kappa shape index (κ3) is 1.77. The van der Waals surface area contributed by atoms with Crippen molar-refractivity contribution in [3.8, 4) is 5.75 Å². The molecule has 18 heavy (non-hydrogen) atoms. The van der Waals surface area contributed by atoms with E-state index in [2.05, 4.69) is 0 Å². The van der Waals surface area contributed by atoms with Crippen LogP contribution in [0.15, 0.2) is 24.3 Å². The van der Waals surface area contributed by atoms with Crippen molar-refractivity contribution in [1.29, 1.82) is 0 Å². The first-order chi connectivity index (χ1) is 8.48. The van der Waals surface area contributed by atoms with E-state index in [4.69, 9.17) is 14.2 Å². The number of esters is 1. The van der Waals surface area contributed by atoms with Gasteiger partial charge >= 0.3 is 5.97 Å². The van der Waals surface area contributed by atoms with Crippen LogP contribution in [0.5, 0.6) is 5.75 Å². The minimum absolute atomic E-state index is 0.348. The molecule has 0 bridgehead atoms. The Kier molecular flexibility index (Phi) is 3.07. The van der Waals surface area contributed by atoms with Crippen LogP contribution in [0.2, 0.25) is 0 Å². The molecule has 1 aliphatic rings. The second-order valence-electron chi connectivity index (χ2n) is 4.62. The van der Waals surface area contributed by atoms with Gasteiger partial charge in [-0.3, -0.25) is 0 Å². The maximum absolute atomic E-state index is 11.7. The second-order valence-corrected chi connectivity index (χ2v) is 4.62. The molecule has 0 saturated carbocycles. The molecule has 0 amide bonds. The molecule has 4 heteroatoms. The van der Waals surface area contributed by atoms with E-state index in [0.717, 1.165) is 11.3 Å². The summed E-state index contributed by atoms with van der Waals surface area (Å²) in [4.78, 5) is 11.7. The Morgan fingerprint density at radius 3 is 2.39 bits per heavy atom. The van der Waals surface area contributed by atoms with Crippen LogP contribution < -0.4 is 4.74 Å². The van der Waals surface area contributed by atoms with Crippen LogP contribution in [0, 0.1) is 0 Å². The van der Waals surface area contributed by atoms with E-state index in [-0.39, 0.29) is 5.97 Å². The molecule has 0 radical (unpaired) electrons. The molecule has 4 nitrogen and oxygen atoms in total. The topological polar surface area (TPSA) is 48.1 Å². The molecule has 1 aromatic rings. The van der Waals surface area contributed by atoms with Crippen molar-refractivity contribution in [3.05, 3.63) is 29.8 Å². The number of hydrogen-bond acceptors (Lipinski definition) is 4. The maximum Gasteiger partial charge on any atom is 0.341 e. The number of epoxide rings is 1. The predicted octanol–water partition coefficient (Wildman–Crippen LogP) is 2.26. The minimum atomic E-state index is -0.894. The minimum Gasteiger partial charge on any atom is -0.494 e. The lowest BCUT2D eigenvalue weighted by molar-refractivity contribution is -0.146. The zero-order valence-corrected chi connectivity index (χ0v) is 11.1. The maximum atomic E-state index is 11.7. The Morgan fingerprint density at radius 1 is 1.28 bits per heavy atom. The Hall–Kier alpha value is -1.55. The van der Waals surface area contributed by atoms with Gasteiger partial charge in [0.25, 0.3) is 0 Å². The predicted molar refractivity (Wildman–Crippen MR) is 66.5 cm³/mol. The first-order valence-electron chi connectivity index (χ1n) is 6.00. The molecule has 0 spiro atoms. The standard InChI is InChI=1S/C14H18O4/c1-5-17-11-8-6-10(7-9-11)13(2)14(3,18-13)12(15)16-4/h6-9H,5H2,1-4H3. The fourth-order valence-electron chi connectivity index (χ4n) is 2.18. The molecule has 98 valence electrons. The van der Waals surface area contributed by atoms with E-state index in [1.807, 2.05) is 38.1 Å². The van der Waals surface area contributed by atoms with Gasteiger partial charge in [0.05, 0.1) is 13.7 Å². The largest absolute Gasteiger partial charge is 0.494 e. The number of benzene rings is 1. The SMILES string of the molecule is CCOc1ccc(C2(C)OC2(C)C(=O)OC)cc1. The van der Waals surface area contributed by atoms with Gasteiger partial charge < -0.3 is 14.2 Å². The first-order valence-corrected chi connectivity index (χ1v) is 6.00. The Labute approximate surface area is 107 Å². The lowest BCUT2D eigenvalue weighted by atomic mass is 9.89.